The molecule has 0 saturated heterocycles. The number of rotatable bonds is 4. The highest BCUT2D eigenvalue weighted by atomic mass is 16.5. The third kappa shape index (κ3) is 2.82. The molecule has 1 aromatic heterocycles. The van der Waals surface area contributed by atoms with Gasteiger partial charge in [-0.05, 0) is 24.6 Å². The van der Waals surface area contributed by atoms with Crippen LogP contribution < -0.4 is 0 Å². The van der Waals surface area contributed by atoms with Gasteiger partial charge in [0.2, 0.25) is 0 Å². The Morgan fingerprint density at radius 2 is 2.14 bits per heavy atom. The minimum atomic E-state index is -1.53. The van der Waals surface area contributed by atoms with Crippen molar-refractivity contribution in [1.29, 1.82) is 5.26 Å². The fraction of sp³-hybridized carbons (Fsp3) is 0.357. The maximum absolute atomic E-state index is 12.1. The van der Waals surface area contributed by atoms with E-state index in [1.165, 1.54) is 39.5 Å². The molecule has 0 aliphatic rings. The average Bonchev–Trinajstić information content (AvgIpc) is 2.54. The monoisotopic (exact) mass is 287 g/mol. The highest BCUT2D eigenvalue weighted by Gasteiger charge is 2.50. The summed E-state index contributed by atoms with van der Waals surface area (Å²) < 4.78 is 9.27. The van der Waals surface area contributed by atoms with Crippen LogP contribution in [-0.2, 0) is 19.7 Å². The van der Waals surface area contributed by atoms with E-state index in [9.17, 15) is 9.59 Å². The molecule has 0 bridgehead atoms. The Bertz CT molecular complexity index is 630. The van der Waals surface area contributed by atoms with Crippen LogP contribution in [0.4, 0.5) is 0 Å². The first-order chi connectivity index (χ1) is 9.95. The predicted octanol–water partition coefficient (Wildman–Crippen LogP) is 1.11. The standard InChI is InChI=1S/C14H13N3O4/c1-14(13(19)21-4,11(8-15)16-2)9-5-6-17-10(7-9)12(18)20-3/h5-7,11H,1,3-4H3. The molecule has 0 radical (unpaired) electrons. The number of esters is 2. The van der Waals surface area contributed by atoms with E-state index in [-0.39, 0.29) is 11.3 Å². The first-order valence-corrected chi connectivity index (χ1v) is 5.85. The first-order valence-electron chi connectivity index (χ1n) is 5.85. The number of nitriles is 1. The second-order valence-electron chi connectivity index (χ2n) is 4.28. The summed E-state index contributed by atoms with van der Waals surface area (Å²) in [5.74, 6) is -1.42. The molecule has 2 atom stereocenters. The Kier molecular flexibility index (Phi) is 4.98. The lowest BCUT2D eigenvalue weighted by molar-refractivity contribution is -0.146. The normalized spacial score (nSPS) is 14.0. The molecular formula is C14H13N3O4. The fourth-order valence-corrected chi connectivity index (χ4v) is 1.86. The molecule has 7 heteroatoms. The summed E-state index contributed by atoms with van der Waals surface area (Å²) in [7, 11) is 2.37. The molecule has 0 aliphatic carbocycles. The summed E-state index contributed by atoms with van der Waals surface area (Å²) in [5, 5.41) is 9.11. The van der Waals surface area contributed by atoms with Crippen molar-refractivity contribution in [2.45, 2.75) is 18.4 Å². The molecule has 21 heavy (non-hydrogen) atoms. The zero-order valence-corrected chi connectivity index (χ0v) is 11.8. The molecule has 108 valence electrons. The van der Waals surface area contributed by atoms with E-state index >= 15 is 0 Å². The van der Waals surface area contributed by atoms with Gasteiger partial charge in [-0.15, -0.1) is 0 Å². The number of hydrogen-bond acceptors (Lipinski definition) is 6. The summed E-state index contributed by atoms with van der Waals surface area (Å²) in [5.41, 5.74) is -1.27. The summed E-state index contributed by atoms with van der Waals surface area (Å²) in [6.07, 6.45) is 1.31. The van der Waals surface area contributed by atoms with Crippen molar-refractivity contribution >= 4 is 11.9 Å². The van der Waals surface area contributed by atoms with Crippen molar-refractivity contribution in [3.05, 3.63) is 41.0 Å². The minimum Gasteiger partial charge on any atom is -0.468 e. The molecule has 1 heterocycles. The van der Waals surface area contributed by atoms with Gasteiger partial charge in [0.1, 0.15) is 5.69 Å². The second kappa shape index (κ2) is 6.49. The lowest BCUT2D eigenvalue weighted by atomic mass is 9.76. The molecule has 0 N–H and O–H groups in total. The second-order valence-corrected chi connectivity index (χ2v) is 4.28. The summed E-state index contributed by atoms with van der Waals surface area (Å²) in [4.78, 5) is 30.6. The molecule has 0 spiro atoms. The molecule has 2 unspecified atom stereocenters. The van der Waals surface area contributed by atoms with Crippen LogP contribution >= 0.6 is 0 Å². The minimum absolute atomic E-state index is 0.0215. The van der Waals surface area contributed by atoms with E-state index in [2.05, 4.69) is 14.6 Å². The number of methoxy groups -OCH3 is 2. The number of pyridine rings is 1. The van der Waals surface area contributed by atoms with Gasteiger partial charge in [-0.25, -0.2) is 16.4 Å². The molecule has 0 aliphatic heterocycles. The Morgan fingerprint density at radius 3 is 2.62 bits per heavy atom. The van der Waals surface area contributed by atoms with Gasteiger partial charge in [0.25, 0.3) is 0 Å². The Labute approximate surface area is 121 Å². The molecule has 1 aromatic rings. The topological polar surface area (TPSA) is 93.6 Å². The highest BCUT2D eigenvalue weighted by Crippen LogP contribution is 2.31. The lowest BCUT2D eigenvalue weighted by Crippen LogP contribution is -2.43. The molecular weight excluding hydrogens is 274 g/mol. The van der Waals surface area contributed by atoms with Crippen molar-refractivity contribution in [3.63, 3.8) is 0 Å². The van der Waals surface area contributed by atoms with E-state index in [4.69, 9.17) is 16.6 Å². The van der Waals surface area contributed by atoms with E-state index < -0.39 is 23.4 Å². The van der Waals surface area contributed by atoms with Gasteiger partial charge in [-0.2, -0.15) is 5.26 Å². The van der Waals surface area contributed by atoms with Gasteiger partial charge < -0.3 is 9.47 Å². The number of carbonyl (C=O) groups excluding carboxylic acids is 2. The average molecular weight is 287 g/mol. The zero-order chi connectivity index (χ0) is 16.0. The van der Waals surface area contributed by atoms with Crippen LogP contribution in [0.5, 0.6) is 0 Å². The zero-order valence-electron chi connectivity index (χ0n) is 11.8. The number of nitrogens with zero attached hydrogens (tertiary/aromatic N) is 3. The molecule has 0 fully saturated rings. The Morgan fingerprint density at radius 1 is 1.48 bits per heavy atom. The van der Waals surface area contributed by atoms with Crippen LogP contribution in [0.1, 0.15) is 23.0 Å². The Hall–Kier alpha value is -2.93. The Balaban J connectivity index is 3.49. The summed E-state index contributed by atoms with van der Waals surface area (Å²) >= 11 is 0. The highest BCUT2D eigenvalue weighted by molar-refractivity contribution is 5.89. The van der Waals surface area contributed by atoms with Crippen molar-refractivity contribution in [2.75, 3.05) is 14.2 Å². The van der Waals surface area contributed by atoms with Crippen molar-refractivity contribution in [2.24, 2.45) is 0 Å². The predicted molar refractivity (Wildman–Crippen MR) is 70.9 cm³/mol. The van der Waals surface area contributed by atoms with Gasteiger partial charge in [-0.3, -0.25) is 9.64 Å². The molecule has 0 amide bonds. The summed E-state index contributed by atoms with van der Waals surface area (Å²) in [6, 6.07) is 3.26. The van der Waals surface area contributed by atoms with Gasteiger partial charge in [0.05, 0.1) is 14.2 Å². The van der Waals surface area contributed by atoms with E-state index in [0.29, 0.717) is 0 Å². The van der Waals surface area contributed by atoms with E-state index in [1.54, 1.807) is 6.07 Å². The van der Waals surface area contributed by atoms with Crippen LogP contribution in [0.15, 0.2) is 18.3 Å². The van der Waals surface area contributed by atoms with Crippen LogP contribution in [0.2, 0.25) is 0 Å². The van der Waals surface area contributed by atoms with Crippen LogP contribution in [0, 0.1) is 17.9 Å². The number of aromatic nitrogens is 1. The van der Waals surface area contributed by atoms with Crippen molar-refractivity contribution in [1.82, 2.24) is 4.98 Å². The number of carbonyl (C=O) groups is 2. The van der Waals surface area contributed by atoms with Crippen LogP contribution in [0.3, 0.4) is 0 Å². The third-order valence-corrected chi connectivity index (χ3v) is 3.16. The molecule has 1 rings (SSSR count). The van der Waals surface area contributed by atoms with Crippen LogP contribution in [0.25, 0.3) is 4.85 Å². The van der Waals surface area contributed by atoms with Crippen molar-refractivity contribution < 1.29 is 19.1 Å². The molecule has 0 saturated carbocycles. The van der Waals surface area contributed by atoms with Gasteiger partial charge in [-0.1, -0.05) is 0 Å². The van der Waals surface area contributed by atoms with Crippen LogP contribution in [-0.4, -0.2) is 37.2 Å². The van der Waals surface area contributed by atoms with Crippen molar-refractivity contribution in [3.8, 4) is 6.07 Å². The quantitative estimate of drug-likeness (QED) is 0.608. The number of hydrogen-bond donors (Lipinski definition) is 0. The largest absolute Gasteiger partial charge is 0.468 e. The fourth-order valence-electron chi connectivity index (χ4n) is 1.86. The number of ether oxygens (including phenoxy) is 2. The van der Waals surface area contributed by atoms with E-state index in [1.807, 2.05) is 0 Å². The van der Waals surface area contributed by atoms with Gasteiger partial charge in [0, 0.05) is 6.20 Å². The third-order valence-electron chi connectivity index (χ3n) is 3.16. The SMILES string of the molecule is [C-]#[N+]C(C#N)C(C)(C(=O)OC)c1ccnc(C(=O)OC)c1. The molecule has 0 aromatic carbocycles. The van der Waals surface area contributed by atoms with Gasteiger partial charge in [0.15, 0.2) is 11.5 Å². The van der Waals surface area contributed by atoms with E-state index in [0.717, 1.165) is 0 Å². The smallest absolute Gasteiger partial charge is 0.356 e. The molecule has 7 nitrogen and oxygen atoms in total. The maximum atomic E-state index is 12.1. The van der Waals surface area contributed by atoms with Gasteiger partial charge >= 0.3 is 18.0 Å². The summed E-state index contributed by atoms with van der Waals surface area (Å²) in [6.45, 7) is 8.51. The first kappa shape index (κ1) is 16.1. The lowest BCUT2D eigenvalue weighted by Gasteiger charge is -2.24. The maximum Gasteiger partial charge on any atom is 0.356 e.